The summed E-state index contributed by atoms with van der Waals surface area (Å²) in [7, 11) is 1.56. The van der Waals surface area contributed by atoms with Crippen LogP contribution >= 0.6 is 0 Å². The predicted molar refractivity (Wildman–Crippen MR) is 110 cm³/mol. The van der Waals surface area contributed by atoms with Gasteiger partial charge in [-0.3, -0.25) is 9.59 Å². The molecule has 2 heterocycles. The van der Waals surface area contributed by atoms with Crippen molar-refractivity contribution in [3.63, 3.8) is 0 Å². The lowest BCUT2D eigenvalue weighted by Crippen LogP contribution is -2.42. The molecule has 162 valence electrons. The molecule has 0 fully saturated rings. The van der Waals surface area contributed by atoms with Crippen molar-refractivity contribution in [1.29, 1.82) is 0 Å². The van der Waals surface area contributed by atoms with E-state index < -0.39 is 0 Å². The monoisotopic (exact) mass is 425 g/mol. The Bertz CT molecular complexity index is 1080. The summed E-state index contributed by atoms with van der Waals surface area (Å²) >= 11 is 0. The van der Waals surface area contributed by atoms with Gasteiger partial charge < -0.3 is 24.4 Å². The number of nitrogens with zero attached hydrogens (tertiary/aromatic N) is 4. The number of nitrogens with one attached hydrogen (secondary N) is 1. The van der Waals surface area contributed by atoms with E-state index in [1.54, 1.807) is 13.2 Å². The minimum absolute atomic E-state index is 0.0313. The Morgan fingerprint density at radius 1 is 1.19 bits per heavy atom. The van der Waals surface area contributed by atoms with Crippen LogP contribution in [0.5, 0.6) is 11.5 Å². The van der Waals surface area contributed by atoms with Crippen LogP contribution in [0.2, 0.25) is 0 Å². The fourth-order valence-electron chi connectivity index (χ4n) is 3.28. The summed E-state index contributed by atoms with van der Waals surface area (Å²) in [6, 6.07) is 12.9. The van der Waals surface area contributed by atoms with Crippen molar-refractivity contribution in [3.8, 4) is 11.5 Å². The number of fused-ring (bicyclic) bond motifs is 2. The summed E-state index contributed by atoms with van der Waals surface area (Å²) in [5.74, 6) is 0.759. The SMILES string of the molecule is COCCNC(=O)CN(Cc1ccc2c(c1)OCO2)C(=O)Cn1nnc2ccccc21. The van der Waals surface area contributed by atoms with Crippen LogP contribution in [0.3, 0.4) is 0 Å². The second-order valence-electron chi connectivity index (χ2n) is 7.02. The van der Waals surface area contributed by atoms with E-state index in [1.807, 2.05) is 36.4 Å². The summed E-state index contributed by atoms with van der Waals surface area (Å²) in [6.45, 7) is 1.05. The fourth-order valence-corrected chi connectivity index (χ4v) is 3.28. The smallest absolute Gasteiger partial charge is 0.245 e. The summed E-state index contributed by atoms with van der Waals surface area (Å²) in [5, 5.41) is 10.9. The molecule has 2 amide bonds. The average Bonchev–Trinajstić information content (AvgIpc) is 3.40. The molecule has 1 N–H and O–H groups in total. The number of benzene rings is 2. The Labute approximate surface area is 178 Å². The van der Waals surface area contributed by atoms with E-state index in [2.05, 4.69) is 15.6 Å². The van der Waals surface area contributed by atoms with Crippen LogP contribution in [-0.4, -0.2) is 65.3 Å². The third-order valence-corrected chi connectivity index (χ3v) is 4.83. The number of carbonyl (C=O) groups excluding carboxylic acids is 2. The van der Waals surface area contributed by atoms with Crippen molar-refractivity contribution in [2.45, 2.75) is 13.1 Å². The number of ether oxygens (including phenoxy) is 3. The zero-order valence-electron chi connectivity index (χ0n) is 17.1. The van der Waals surface area contributed by atoms with Gasteiger partial charge in [0.15, 0.2) is 11.5 Å². The second kappa shape index (κ2) is 9.43. The lowest BCUT2D eigenvalue weighted by Gasteiger charge is -2.22. The van der Waals surface area contributed by atoms with Crippen LogP contribution in [0, 0.1) is 0 Å². The fraction of sp³-hybridized carbons (Fsp3) is 0.333. The molecule has 0 saturated carbocycles. The number of hydrogen-bond donors (Lipinski definition) is 1. The van der Waals surface area contributed by atoms with Crippen LogP contribution < -0.4 is 14.8 Å². The zero-order valence-corrected chi connectivity index (χ0v) is 17.1. The molecular formula is C21H23N5O5. The molecule has 0 radical (unpaired) electrons. The number of hydrogen-bond acceptors (Lipinski definition) is 7. The van der Waals surface area contributed by atoms with Crippen LogP contribution in [-0.2, 0) is 27.4 Å². The maximum atomic E-state index is 13.1. The third-order valence-electron chi connectivity index (χ3n) is 4.83. The zero-order chi connectivity index (χ0) is 21.6. The van der Waals surface area contributed by atoms with E-state index >= 15 is 0 Å². The van der Waals surface area contributed by atoms with E-state index in [4.69, 9.17) is 14.2 Å². The Morgan fingerprint density at radius 3 is 2.90 bits per heavy atom. The number of carbonyl (C=O) groups is 2. The summed E-state index contributed by atoms with van der Waals surface area (Å²) in [4.78, 5) is 27.0. The highest BCUT2D eigenvalue weighted by atomic mass is 16.7. The highest BCUT2D eigenvalue weighted by Crippen LogP contribution is 2.32. The molecule has 3 aromatic rings. The van der Waals surface area contributed by atoms with Crippen molar-refractivity contribution < 1.29 is 23.8 Å². The first-order valence-electron chi connectivity index (χ1n) is 9.84. The van der Waals surface area contributed by atoms with E-state index in [0.29, 0.717) is 30.2 Å². The van der Waals surface area contributed by atoms with Gasteiger partial charge in [0.05, 0.1) is 18.7 Å². The van der Waals surface area contributed by atoms with E-state index in [0.717, 1.165) is 11.1 Å². The summed E-state index contributed by atoms with van der Waals surface area (Å²) < 4.78 is 17.2. The number of amides is 2. The second-order valence-corrected chi connectivity index (χ2v) is 7.02. The van der Waals surface area contributed by atoms with Crippen LogP contribution in [0.25, 0.3) is 11.0 Å². The van der Waals surface area contributed by atoms with Crippen molar-refractivity contribution in [1.82, 2.24) is 25.2 Å². The topological polar surface area (TPSA) is 108 Å². The lowest BCUT2D eigenvalue weighted by molar-refractivity contribution is -0.137. The largest absolute Gasteiger partial charge is 0.454 e. The minimum atomic E-state index is -0.269. The third kappa shape index (κ3) is 4.92. The molecule has 0 aliphatic carbocycles. The Balaban J connectivity index is 1.50. The number of aromatic nitrogens is 3. The van der Waals surface area contributed by atoms with Crippen molar-refractivity contribution in [2.75, 3.05) is 33.6 Å². The van der Waals surface area contributed by atoms with Crippen LogP contribution in [0.4, 0.5) is 0 Å². The Morgan fingerprint density at radius 2 is 2.03 bits per heavy atom. The van der Waals surface area contributed by atoms with Gasteiger partial charge in [-0.15, -0.1) is 5.10 Å². The first-order valence-corrected chi connectivity index (χ1v) is 9.84. The molecule has 1 aliphatic rings. The van der Waals surface area contributed by atoms with Gasteiger partial charge in [0, 0.05) is 20.2 Å². The van der Waals surface area contributed by atoms with E-state index in [9.17, 15) is 9.59 Å². The molecule has 10 heteroatoms. The normalized spacial score (nSPS) is 12.2. The molecule has 0 unspecified atom stereocenters. The molecule has 0 saturated heterocycles. The predicted octanol–water partition coefficient (Wildman–Crippen LogP) is 0.951. The molecule has 0 spiro atoms. The molecule has 0 atom stereocenters. The van der Waals surface area contributed by atoms with Gasteiger partial charge in [-0.05, 0) is 29.8 Å². The van der Waals surface area contributed by atoms with Crippen molar-refractivity contribution >= 4 is 22.8 Å². The Kier molecular flexibility index (Phi) is 6.27. The van der Waals surface area contributed by atoms with E-state index in [1.165, 1.54) is 9.58 Å². The maximum absolute atomic E-state index is 13.1. The molecule has 10 nitrogen and oxygen atoms in total. The molecule has 4 rings (SSSR count). The van der Waals surface area contributed by atoms with Gasteiger partial charge in [0.1, 0.15) is 12.1 Å². The molecule has 2 aromatic carbocycles. The van der Waals surface area contributed by atoms with Crippen molar-refractivity contribution in [3.05, 3.63) is 48.0 Å². The average molecular weight is 425 g/mol. The van der Waals surface area contributed by atoms with Gasteiger partial charge >= 0.3 is 0 Å². The van der Waals surface area contributed by atoms with Crippen LogP contribution in [0.15, 0.2) is 42.5 Å². The lowest BCUT2D eigenvalue weighted by atomic mass is 10.2. The van der Waals surface area contributed by atoms with Gasteiger partial charge in [-0.1, -0.05) is 23.4 Å². The van der Waals surface area contributed by atoms with Crippen molar-refractivity contribution in [2.24, 2.45) is 0 Å². The number of methoxy groups -OCH3 is 1. The summed E-state index contributed by atoms with van der Waals surface area (Å²) in [6.07, 6.45) is 0. The van der Waals surface area contributed by atoms with Crippen LogP contribution in [0.1, 0.15) is 5.56 Å². The minimum Gasteiger partial charge on any atom is -0.454 e. The Hall–Kier alpha value is -3.66. The first-order chi connectivity index (χ1) is 15.1. The maximum Gasteiger partial charge on any atom is 0.245 e. The van der Waals surface area contributed by atoms with Gasteiger partial charge in [-0.2, -0.15) is 0 Å². The molecule has 0 bridgehead atoms. The molecular weight excluding hydrogens is 402 g/mol. The highest BCUT2D eigenvalue weighted by molar-refractivity contribution is 5.85. The number of para-hydroxylation sites is 1. The van der Waals surface area contributed by atoms with Gasteiger partial charge in [0.2, 0.25) is 18.6 Å². The molecule has 31 heavy (non-hydrogen) atoms. The highest BCUT2D eigenvalue weighted by Gasteiger charge is 2.21. The first kappa shape index (κ1) is 20.6. The number of rotatable bonds is 9. The van der Waals surface area contributed by atoms with Gasteiger partial charge in [0.25, 0.3) is 0 Å². The molecule has 1 aromatic heterocycles. The molecule has 1 aliphatic heterocycles. The standard InChI is InChI=1S/C21H23N5O5/c1-29-9-8-22-20(27)12-25(11-15-6-7-18-19(10-15)31-14-30-18)21(28)13-26-17-5-3-2-4-16(17)23-24-26/h2-7,10H,8-9,11-14H2,1H3,(H,22,27). The van der Waals surface area contributed by atoms with E-state index in [-0.39, 0.29) is 38.2 Å². The summed E-state index contributed by atoms with van der Waals surface area (Å²) in [5.41, 5.74) is 2.28. The van der Waals surface area contributed by atoms with Gasteiger partial charge in [-0.25, -0.2) is 4.68 Å². The quantitative estimate of drug-likeness (QED) is 0.509.